The summed E-state index contributed by atoms with van der Waals surface area (Å²) in [4.78, 5) is 25.5. The Balaban J connectivity index is 1.40. The number of benzene rings is 2. The number of anilines is 1. The maximum Gasteiger partial charge on any atom is 0.236 e. The van der Waals surface area contributed by atoms with Crippen LogP contribution in [0, 0.1) is 6.92 Å². The van der Waals surface area contributed by atoms with Gasteiger partial charge in [0.1, 0.15) is 5.75 Å². The standard InChI is InChI=1S/C20H18N4O2S2/c1-12-18(13-7-9-14(26-2)10-8-13)28-20(21-12)24-17(25)11-27-19-22-15-5-3-4-6-16(15)23-19/h3-10H,11H2,1-2H3,(H,22,23)(H,21,24,25). The van der Waals surface area contributed by atoms with Gasteiger partial charge in [0.05, 0.1) is 34.5 Å². The molecule has 0 aliphatic rings. The predicted octanol–water partition coefficient (Wildman–Crippen LogP) is 4.73. The van der Waals surface area contributed by atoms with E-state index < -0.39 is 0 Å². The van der Waals surface area contributed by atoms with Gasteiger partial charge in [-0.15, -0.1) is 0 Å². The first kappa shape index (κ1) is 18.5. The highest BCUT2D eigenvalue weighted by Crippen LogP contribution is 2.33. The average Bonchev–Trinajstić information content (AvgIpc) is 3.29. The molecule has 4 aromatic rings. The number of ether oxygens (including phenoxy) is 1. The Morgan fingerprint density at radius 1 is 1.18 bits per heavy atom. The summed E-state index contributed by atoms with van der Waals surface area (Å²) >= 11 is 2.83. The first-order valence-electron chi connectivity index (χ1n) is 8.61. The van der Waals surface area contributed by atoms with Crippen LogP contribution in [0.2, 0.25) is 0 Å². The third kappa shape index (κ3) is 4.02. The maximum atomic E-state index is 12.3. The van der Waals surface area contributed by atoms with Crippen LogP contribution in [-0.4, -0.2) is 33.7 Å². The van der Waals surface area contributed by atoms with Crippen molar-refractivity contribution >= 4 is 45.2 Å². The van der Waals surface area contributed by atoms with E-state index in [0.29, 0.717) is 5.13 Å². The van der Waals surface area contributed by atoms with Gasteiger partial charge < -0.3 is 15.0 Å². The average molecular weight is 411 g/mol. The van der Waals surface area contributed by atoms with E-state index in [0.717, 1.165) is 38.1 Å². The molecule has 6 nitrogen and oxygen atoms in total. The highest BCUT2D eigenvalue weighted by molar-refractivity contribution is 7.99. The van der Waals surface area contributed by atoms with Crippen molar-refractivity contribution in [2.45, 2.75) is 12.1 Å². The Morgan fingerprint density at radius 2 is 1.96 bits per heavy atom. The molecular formula is C20H18N4O2S2. The molecule has 0 aliphatic carbocycles. The second kappa shape index (κ2) is 8.04. The number of hydrogen-bond donors (Lipinski definition) is 2. The van der Waals surface area contributed by atoms with Crippen molar-refractivity contribution < 1.29 is 9.53 Å². The number of nitrogens with one attached hydrogen (secondary N) is 2. The zero-order valence-corrected chi connectivity index (χ0v) is 17.0. The van der Waals surface area contributed by atoms with Crippen molar-refractivity contribution in [2.24, 2.45) is 0 Å². The fraction of sp³-hybridized carbons (Fsp3) is 0.150. The first-order valence-corrected chi connectivity index (χ1v) is 10.4. The van der Waals surface area contributed by atoms with Crippen LogP contribution in [0.5, 0.6) is 5.75 Å². The molecule has 8 heteroatoms. The molecule has 1 amide bonds. The van der Waals surface area contributed by atoms with Crippen LogP contribution in [-0.2, 0) is 4.79 Å². The molecule has 0 spiro atoms. The molecule has 4 rings (SSSR count). The maximum absolute atomic E-state index is 12.3. The van der Waals surface area contributed by atoms with Crippen LogP contribution in [0.25, 0.3) is 21.5 Å². The Kier molecular flexibility index (Phi) is 5.31. The summed E-state index contributed by atoms with van der Waals surface area (Å²) < 4.78 is 5.20. The molecule has 142 valence electrons. The van der Waals surface area contributed by atoms with E-state index in [1.165, 1.54) is 23.1 Å². The van der Waals surface area contributed by atoms with Gasteiger partial charge in [-0.3, -0.25) is 4.79 Å². The minimum Gasteiger partial charge on any atom is -0.497 e. The molecule has 2 N–H and O–H groups in total. The fourth-order valence-electron chi connectivity index (χ4n) is 2.75. The SMILES string of the molecule is COc1ccc(-c2sc(NC(=O)CSc3nc4ccccc4[nH]3)nc2C)cc1. The molecule has 0 unspecified atom stereocenters. The molecule has 2 aromatic carbocycles. The normalized spacial score (nSPS) is 10.9. The Bertz CT molecular complexity index is 1090. The summed E-state index contributed by atoms with van der Waals surface area (Å²) in [7, 11) is 1.64. The van der Waals surface area contributed by atoms with Crippen molar-refractivity contribution in [2.75, 3.05) is 18.2 Å². The van der Waals surface area contributed by atoms with E-state index in [1.54, 1.807) is 7.11 Å². The lowest BCUT2D eigenvalue weighted by molar-refractivity contribution is -0.113. The number of aromatic nitrogens is 3. The number of nitrogens with zero attached hydrogens (tertiary/aromatic N) is 2. The summed E-state index contributed by atoms with van der Waals surface area (Å²) in [5.41, 5.74) is 3.79. The molecule has 0 aliphatic heterocycles. The van der Waals surface area contributed by atoms with Gasteiger partial charge in [0.25, 0.3) is 0 Å². The van der Waals surface area contributed by atoms with Crippen molar-refractivity contribution in [3.63, 3.8) is 0 Å². The Labute approximate surface area is 170 Å². The van der Waals surface area contributed by atoms with Crippen LogP contribution in [0.1, 0.15) is 5.69 Å². The van der Waals surface area contributed by atoms with Crippen molar-refractivity contribution in [3.8, 4) is 16.2 Å². The number of thiazole rings is 1. The van der Waals surface area contributed by atoms with Crippen molar-refractivity contribution in [1.29, 1.82) is 0 Å². The molecule has 0 radical (unpaired) electrons. The minimum absolute atomic E-state index is 0.111. The lowest BCUT2D eigenvalue weighted by Gasteiger charge is -2.01. The molecule has 0 atom stereocenters. The van der Waals surface area contributed by atoms with Gasteiger partial charge in [-0.2, -0.15) is 0 Å². The van der Waals surface area contributed by atoms with E-state index in [9.17, 15) is 4.79 Å². The van der Waals surface area contributed by atoms with Gasteiger partial charge in [-0.1, -0.05) is 35.2 Å². The molecule has 0 saturated heterocycles. The number of aromatic amines is 1. The number of para-hydroxylation sites is 2. The van der Waals surface area contributed by atoms with Gasteiger partial charge in [-0.25, -0.2) is 9.97 Å². The highest BCUT2D eigenvalue weighted by Gasteiger charge is 2.13. The number of amides is 1. The number of H-pyrrole nitrogens is 1. The number of imidazole rings is 1. The summed E-state index contributed by atoms with van der Waals surface area (Å²) in [6, 6.07) is 15.6. The number of carbonyl (C=O) groups is 1. The third-order valence-electron chi connectivity index (χ3n) is 4.10. The van der Waals surface area contributed by atoms with E-state index in [2.05, 4.69) is 20.3 Å². The number of rotatable bonds is 6. The number of hydrogen-bond acceptors (Lipinski definition) is 6. The van der Waals surface area contributed by atoms with E-state index in [4.69, 9.17) is 4.74 Å². The Morgan fingerprint density at radius 3 is 2.71 bits per heavy atom. The number of aryl methyl sites for hydroxylation is 1. The van der Waals surface area contributed by atoms with Crippen molar-refractivity contribution in [3.05, 3.63) is 54.2 Å². The zero-order chi connectivity index (χ0) is 19.5. The van der Waals surface area contributed by atoms with Gasteiger partial charge in [0, 0.05) is 0 Å². The number of carbonyl (C=O) groups excluding carboxylic acids is 1. The second-order valence-electron chi connectivity index (χ2n) is 6.06. The lowest BCUT2D eigenvalue weighted by Crippen LogP contribution is -2.13. The summed E-state index contributed by atoms with van der Waals surface area (Å²) in [6.45, 7) is 1.94. The molecule has 0 fully saturated rings. The molecule has 28 heavy (non-hydrogen) atoms. The van der Waals surface area contributed by atoms with E-state index >= 15 is 0 Å². The lowest BCUT2D eigenvalue weighted by atomic mass is 10.1. The minimum atomic E-state index is -0.111. The predicted molar refractivity (Wildman–Crippen MR) is 114 cm³/mol. The van der Waals surface area contributed by atoms with Gasteiger partial charge in [0.15, 0.2) is 10.3 Å². The van der Waals surface area contributed by atoms with Crippen molar-refractivity contribution in [1.82, 2.24) is 15.0 Å². The topological polar surface area (TPSA) is 79.9 Å². The largest absolute Gasteiger partial charge is 0.497 e. The summed E-state index contributed by atoms with van der Waals surface area (Å²) in [5.74, 6) is 0.957. The second-order valence-corrected chi connectivity index (χ2v) is 8.02. The van der Waals surface area contributed by atoms with Gasteiger partial charge in [0.2, 0.25) is 5.91 Å². The third-order valence-corrected chi connectivity index (χ3v) is 6.10. The highest BCUT2D eigenvalue weighted by atomic mass is 32.2. The fourth-order valence-corrected chi connectivity index (χ4v) is 4.42. The molecule has 2 aromatic heterocycles. The number of fused-ring (bicyclic) bond motifs is 1. The van der Waals surface area contributed by atoms with Crippen LogP contribution in [0.3, 0.4) is 0 Å². The monoisotopic (exact) mass is 410 g/mol. The summed E-state index contributed by atoms with van der Waals surface area (Å²) in [6.07, 6.45) is 0. The first-order chi connectivity index (χ1) is 13.6. The smallest absolute Gasteiger partial charge is 0.236 e. The van der Waals surface area contributed by atoms with Crippen LogP contribution < -0.4 is 10.1 Å². The number of methoxy groups -OCH3 is 1. The molecule has 0 bridgehead atoms. The van der Waals surface area contributed by atoms with Crippen LogP contribution in [0.15, 0.2) is 53.7 Å². The van der Waals surface area contributed by atoms with Gasteiger partial charge in [-0.05, 0) is 48.9 Å². The van der Waals surface area contributed by atoms with Crippen LogP contribution >= 0.6 is 23.1 Å². The van der Waals surface area contributed by atoms with E-state index in [1.807, 2.05) is 55.5 Å². The molecular weight excluding hydrogens is 392 g/mol. The zero-order valence-electron chi connectivity index (χ0n) is 15.4. The molecule has 0 saturated carbocycles. The summed E-state index contributed by atoms with van der Waals surface area (Å²) in [5, 5.41) is 4.20. The molecule has 2 heterocycles. The Hall–Kier alpha value is -2.84. The van der Waals surface area contributed by atoms with Gasteiger partial charge >= 0.3 is 0 Å². The van der Waals surface area contributed by atoms with E-state index in [-0.39, 0.29) is 11.7 Å². The van der Waals surface area contributed by atoms with Crippen LogP contribution in [0.4, 0.5) is 5.13 Å². The quantitative estimate of drug-likeness (QED) is 0.449. The number of thioether (sulfide) groups is 1.